The summed E-state index contributed by atoms with van der Waals surface area (Å²) in [6, 6.07) is 18.2. The Morgan fingerprint density at radius 1 is 0.981 bits per heavy atom. The topological polar surface area (TPSA) is 151 Å². The number of rotatable bonds is 13. The van der Waals surface area contributed by atoms with Gasteiger partial charge in [-0.05, 0) is 91.5 Å². The summed E-state index contributed by atoms with van der Waals surface area (Å²) in [4.78, 5) is 31.5. The van der Waals surface area contributed by atoms with Crippen molar-refractivity contribution in [3.05, 3.63) is 117 Å². The molecule has 1 aromatic heterocycles. The number of ether oxygens (including phenoxy) is 4. The molecule has 0 radical (unpaired) electrons. The third kappa shape index (κ3) is 9.48. The molecule has 0 spiro atoms. The van der Waals surface area contributed by atoms with Crippen LogP contribution in [-0.4, -0.2) is 71.6 Å². The van der Waals surface area contributed by atoms with Crippen molar-refractivity contribution < 1.29 is 41.7 Å². The number of pyridine rings is 1. The molecule has 3 aromatic carbocycles. The number of esters is 1. The second-order valence-electron chi connectivity index (χ2n) is 13.3. The number of benzene rings is 3. The molecule has 16 heteroatoms. The average Bonchev–Trinajstić information content (AvgIpc) is 3.14. The first kappa shape index (κ1) is 38.9. The molecule has 54 heavy (non-hydrogen) atoms. The van der Waals surface area contributed by atoms with Gasteiger partial charge in [0.25, 0.3) is 0 Å². The van der Waals surface area contributed by atoms with Gasteiger partial charge in [-0.1, -0.05) is 41.4 Å². The highest BCUT2D eigenvalue weighted by molar-refractivity contribution is 7.92. The molecule has 1 amide bonds. The lowest BCUT2D eigenvalue weighted by atomic mass is 9.86. The highest BCUT2D eigenvalue weighted by Gasteiger charge is 2.37. The summed E-state index contributed by atoms with van der Waals surface area (Å²) in [5.74, 6) is 0.489. The summed E-state index contributed by atoms with van der Waals surface area (Å²) in [7, 11) is -0.515. The zero-order chi connectivity index (χ0) is 38.6. The molecule has 286 valence electrons. The SMILES string of the molecule is COc1ccc([C@H](Cc2c(Cl)c[n+]([O-])cc2Cl)OC(=O)c2cccc(CN(C(=O)O[C@H]3CN4CCC3CC4)c3ccc(NS(C)(=O)=O)cc3)c2)cc1OC. The Hall–Kier alpha value is -4.76. The number of nitrogens with zero attached hydrogens (tertiary/aromatic N) is 3. The van der Waals surface area contributed by atoms with Crippen molar-refractivity contribution in [3.8, 4) is 11.5 Å². The van der Waals surface area contributed by atoms with Gasteiger partial charge in [-0.2, -0.15) is 4.73 Å². The van der Waals surface area contributed by atoms with E-state index in [1.807, 2.05) is 0 Å². The van der Waals surface area contributed by atoms with Crippen molar-refractivity contribution in [2.75, 3.05) is 49.7 Å². The van der Waals surface area contributed by atoms with Crippen LogP contribution in [0.3, 0.4) is 0 Å². The zero-order valence-corrected chi connectivity index (χ0v) is 32.2. The minimum absolute atomic E-state index is 0.0306. The number of sulfonamides is 1. The van der Waals surface area contributed by atoms with E-state index in [4.69, 9.17) is 42.1 Å². The van der Waals surface area contributed by atoms with Crippen LogP contribution in [0.15, 0.2) is 79.1 Å². The number of carbonyl (C=O) groups is 2. The second-order valence-corrected chi connectivity index (χ2v) is 15.8. The zero-order valence-electron chi connectivity index (χ0n) is 29.9. The Balaban J connectivity index is 1.27. The standard InChI is InChI=1S/C38H40Cl2N4O9S/c1-50-33-12-7-26(18-35(33)51-2)34(19-30-31(39)21-43(47)22-32(30)40)52-37(45)27-6-4-5-24(17-27)20-44(29-10-8-28(9-11-29)41-54(3,48)49)38(46)53-36-23-42-15-13-25(36)14-16-42/h4-12,17-18,21-22,25,34,36,41H,13-16,19-20,23H2,1-3H3/t34-,36-/m0/s1. The molecule has 4 heterocycles. The summed E-state index contributed by atoms with van der Waals surface area (Å²) in [6.07, 6.45) is 3.60. The van der Waals surface area contributed by atoms with Gasteiger partial charge in [-0.3, -0.25) is 14.5 Å². The van der Waals surface area contributed by atoms with E-state index in [-0.39, 0.29) is 40.6 Å². The van der Waals surface area contributed by atoms with Gasteiger partial charge in [0.15, 0.2) is 23.9 Å². The fourth-order valence-corrected chi connectivity index (χ4v) is 7.95. The molecule has 3 aliphatic rings. The number of hydrogen-bond donors (Lipinski definition) is 1. The Morgan fingerprint density at radius 3 is 2.28 bits per heavy atom. The Morgan fingerprint density at radius 2 is 1.67 bits per heavy atom. The maximum atomic E-state index is 13.9. The summed E-state index contributed by atoms with van der Waals surface area (Å²) in [5.41, 5.74) is 2.58. The second kappa shape index (κ2) is 16.7. The van der Waals surface area contributed by atoms with E-state index in [2.05, 4.69) is 9.62 Å². The molecule has 2 bridgehead atoms. The van der Waals surface area contributed by atoms with E-state index in [1.165, 1.54) is 31.5 Å². The number of fused-ring (bicyclic) bond motifs is 3. The van der Waals surface area contributed by atoms with Gasteiger partial charge in [0.05, 0.1) is 32.6 Å². The summed E-state index contributed by atoms with van der Waals surface area (Å²) >= 11 is 12.8. The molecular weight excluding hydrogens is 759 g/mol. The number of amides is 1. The highest BCUT2D eigenvalue weighted by Crippen LogP contribution is 2.36. The lowest BCUT2D eigenvalue weighted by Crippen LogP contribution is -2.53. The Bertz CT molecular complexity index is 2090. The minimum atomic E-state index is -3.51. The maximum absolute atomic E-state index is 13.9. The molecule has 0 aliphatic carbocycles. The first-order valence-electron chi connectivity index (χ1n) is 17.2. The number of anilines is 2. The van der Waals surface area contributed by atoms with Gasteiger partial charge in [0, 0.05) is 29.9 Å². The number of carbonyl (C=O) groups excluding carboxylic acids is 2. The smallest absolute Gasteiger partial charge is 0.414 e. The summed E-state index contributed by atoms with van der Waals surface area (Å²) in [6.45, 7) is 2.67. The van der Waals surface area contributed by atoms with Crippen LogP contribution < -0.4 is 23.8 Å². The van der Waals surface area contributed by atoms with Gasteiger partial charge >= 0.3 is 12.1 Å². The van der Waals surface area contributed by atoms with Crippen LogP contribution in [-0.2, 0) is 32.5 Å². The van der Waals surface area contributed by atoms with Crippen LogP contribution in [0.1, 0.15) is 46.0 Å². The van der Waals surface area contributed by atoms with Crippen molar-refractivity contribution in [2.45, 2.75) is 38.0 Å². The number of aromatic nitrogens is 1. The van der Waals surface area contributed by atoms with Crippen LogP contribution >= 0.6 is 23.2 Å². The maximum Gasteiger partial charge on any atom is 0.414 e. The highest BCUT2D eigenvalue weighted by atomic mass is 35.5. The molecule has 3 saturated heterocycles. The fourth-order valence-electron chi connectivity index (χ4n) is 6.79. The monoisotopic (exact) mass is 798 g/mol. The van der Waals surface area contributed by atoms with E-state index >= 15 is 0 Å². The van der Waals surface area contributed by atoms with Gasteiger partial charge in [0.2, 0.25) is 10.0 Å². The molecule has 0 unspecified atom stereocenters. The molecule has 3 fully saturated rings. The predicted octanol–water partition coefficient (Wildman–Crippen LogP) is 6.39. The Labute approximate surface area is 323 Å². The Kier molecular flexibility index (Phi) is 12.1. The van der Waals surface area contributed by atoms with Gasteiger partial charge < -0.3 is 24.2 Å². The number of hydrogen-bond acceptors (Lipinski definition) is 10. The quantitative estimate of drug-likeness (QED) is 0.0916. The largest absolute Gasteiger partial charge is 0.619 e. The van der Waals surface area contributed by atoms with Gasteiger partial charge in [0.1, 0.15) is 22.3 Å². The van der Waals surface area contributed by atoms with Crippen molar-refractivity contribution >= 4 is 56.7 Å². The average molecular weight is 800 g/mol. The van der Waals surface area contributed by atoms with Crippen LogP contribution in [0.4, 0.5) is 16.2 Å². The van der Waals surface area contributed by atoms with E-state index in [9.17, 15) is 23.2 Å². The van der Waals surface area contributed by atoms with Gasteiger partial charge in [-0.15, -0.1) is 0 Å². The third-order valence-electron chi connectivity index (χ3n) is 9.53. The normalized spacial score (nSPS) is 18.4. The molecule has 7 rings (SSSR count). The molecule has 2 atom stereocenters. The molecule has 3 aliphatic heterocycles. The molecule has 0 saturated carbocycles. The molecular formula is C38H40Cl2N4O9S. The summed E-state index contributed by atoms with van der Waals surface area (Å²) in [5, 5.41) is 12.2. The van der Waals surface area contributed by atoms with Crippen molar-refractivity contribution in [2.24, 2.45) is 5.92 Å². The van der Waals surface area contributed by atoms with E-state index in [0.717, 1.165) is 32.2 Å². The van der Waals surface area contributed by atoms with E-state index < -0.39 is 28.2 Å². The lowest BCUT2D eigenvalue weighted by molar-refractivity contribution is -0.605. The van der Waals surface area contributed by atoms with E-state index in [1.54, 1.807) is 66.7 Å². The third-order valence-corrected chi connectivity index (χ3v) is 10.8. The first-order valence-corrected chi connectivity index (χ1v) is 19.8. The fraction of sp³-hybridized carbons (Fsp3) is 0.342. The predicted molar refractivity (Wildman–Crippen MR) is 204 cm³/mol. The van der Waals surface area contributed by atoms with Crippen LogP contribution in [0.5, 0.6) is 11.5 Å². The molecule has 4 aromatic rings. The van der Waals surface area contributed by atoms with Crippen LogP contribution in [0.25, 0.3) is 0 Å². The summed E-state index contributed by atoms with van der Waals surface area (Å²) < 4.78 is 49.6. The van der Waals surface area contributed by atoms with Crippen molar-refractivity contribution in [1.29, 1.82) is 0 Å². The van der Waals surface area contributed by atoms with Crippen LogP contribution in [0, 0.1) is 11.1 Å². The molecule has 1 N–H and O–H groups in total. The van der Waals surface area contributed by atoms with Gasteiger partial charge in [-0.25, -0.2) is 18.0 Å². The number of nitrogens with one attached hydrogen (secondary N) is 1. The van der Waals surface area contributed by atoms with Crippen LogP contribution in [0.2, 0.25) is 10.0 Å². The minimum Gasteiger partial charge on any atom is -0.619 e. The lowest BCUT2D eigenvalue weighted by Gasteiger charge is -2.44. The number of piperidine rings is 3. The van der Waals surface area contributed by atoms with Crippen molar-refractivity contribution in [3.63, 3.8) is 0 Å². The molecule has 13 nitrogen and oxygen atoms in total. The van der Waals surface area contributed by atoms with Crippen molar-refractivity contribution in [1.82, 2.24) is 4.90 Å². The number of methoxy groups -OCH3 is 2. The first-order chi connectivity index (χ1) is 25.8. The van der Waals surface area contributed by atoms with E-state index in [0.29, 0.717) is 50.8 Å². The number of halogens is 2.